The smallest absolute Gasteiger partial charge is 0.133 e. The van der Waals surface area contributed by atoms with Crippen molar-refractivity contribution >= 4 is 11.6 Å². The molecule has 2 nitrogen and oxygen atoms in total. The molecule has 0 atom stereocenters. The lowest BCUT2D eigenvalue weighted by molar-refractivity contribution is 0.371. The summed E-state index contributed by atoms with van der Waals surface area (Å²) >= 11 is 5.85. The standard InChI is InChI=1S/C11H17ClN2/c1-7(2)10(8(3)4)11-13-6-5-9(12)14-11/h5-8,10H,1-4H3. The molecule has 0 unspecified atom stereocenters. The molecule has 1 aromatic rings. The van der Waals surface area contributed by atoms with E-state index in [1.54, 1.807) is 12.3 Å². The van der Waals surface area contributed by atoms with Gasteiger partial charge in [0.15, 0.2) is 0 Å². The molecule has 0 fully saturated rings. The Labute approximate surface area is 90.7 Å². The second-order valence-corrected chi connectivity index (χ2v) is 4.64. The summed E-state index contributed by atoms with van der Waals surface area (Å²) in [5.74, 6) is 2.32. The quantitative estimate of drug-likeness (QED) is 0.717. The Morgan fingerprint density at radius 3 is 2.14 bits per heavy atom. The minimum atomic E-state index is 0.383. The first-order chi connectivity index (χ1) is 6.52. The van der Waals surface area contributed by atoms with Gasteiger partial charge in [-0.2, -0.15) is 0 Å². The van der Waals surface area contributed by atoms with Crippen LogP contribution < -0.4 is 0 Å². The van der Waals surface area contributed by atoms with Crippen LogP contribution in [-0.2, 0) is 0 Å². The molecule has 1 heterocycles. The van der Waals surface area contributed by atoms with Crippen LogP contribution in [0.4, 0.5) is 0 Å². The Balaban J connectivity index is 2.99. The van der Waals surface area contributed by atoms with Crippen LogP contribution in [0.15, 0.2) is 12.3 Å². The van der Waals surface area contributed by atoms with Crippen molar-refractivity contribution in [3.63, 3.8) is 0 Å². The predicted molar refractivity (Wildman–Crippen MR) is 59.5 cm³/mol. The highest BCUT2D eigenvalue weighted by atomic mass is 35.5. The van der Waals surface area contributed by atoms with Gasteiger partial charge in [0.25, 0.3) is 0 Å². The van der Waals surface area contributed by atoms with Crippen LogP contribution in [0.25, 0.3) is 0 Å². The van der Waals surface area contributed by atoms with Crippen LogP contribution in [0.3, 0.4) is 0 Å². The number of halogens is 1. The fourth-order valence-corrected chi connectivity index (χ4v) is 2.02. The molecule has 0 aromatic carbocycles. The number of hydrogen-bond acceptors (Lipinski definition) is 2. The Hall–Kier alpha value is -0.630. The van der Waals surface area contributed by atoms with Crippen LogP contribution in [0, 0.1) is 11.8 Å². The molecule has 0 N–H and O–H groups in total. The van der Waals surface area contributed by atoms with Crippen LogP contribution in [0.1, 0.15) is 39.4 Å². The number of rotatable bonds is 3. The zero-order valence-corrected chi connectivity index (χ0v) is 9.92. The fourth-order valence-electron chi connectivity index (χ4n) is 1.88. The van der Waals surface area contributed by atoms with Crippen LogP contribution in [-0.4, -0.2) is 9.97 Å². The average molecular weight is 213 g/mol. The predicted octanol–water partition coefficient (Wildman–Crippen LogP) is 3.53. The van der Waals surface area contributed by atoms with Crippen molar-refractivity contribution in [2.24, 2.45) is 11.8 Å². The molecular formula is C11H17ClN2. The van der Waals surface area contributed by atoms with Crippen molar-refractivity contribution in [3.8, 4) is 0 Å². The SMILES string of the molecule is CC(C)C(c1nccc(Cl)n1)C(C)C. The summed E-state index contributed by atoms with van der Waals surface area (Å²) < 4.78 is 0. The van der Waals surface area contributed by atoms with E-state index in [1.807, 2.05) is 0 Å². The molecule has 0 amide bonds. The molecule has 78 valence electrons. The van der Waals surface area contributed by atoms with E-state index in [-0.39, 0.29) is 0 Å². The maximum Gasteiger partial charge on any atom is 0.133 e. The van der Waals surface area contributed by atoms with Crippen molar-refractivity contribution in [2.45, 2.75) is 33.6 Å². The van der Waals surface area contributed by atoms with E-state index in [4.69, 9.17) is 11.6 Å². The van der Waals surface area contributed by atoms with Crippen molar-refractivity contribution in [3.05, 3.63) is 23.2 Å². The highest BCUT2D eigenvalue weighted by molar-refractivity contribution is 6.29. The summed E-state index contributed by atoms with van der Waals surface area (Å²) in [4.78, 5) is 8.56. The Morgan fingerprint density at radius 2 is 1.71 bits per heavy atom. The molecule has 1 rings (SSSR count). The first-order valence-electron chi connectivity index (χ1n) is 5.00. The van der Waals surface area contributed by atoms with E-state index in [9.17, 15) is 0 Å². The molecule has 1 aromatic heterocycles. The Morgan fingerprint density at radius 1 is 1.14 bits per heavy atom. The van der Waals surface area contributed by atoms with Gasteiger partial charge in [-0.05, 0) is 17.9 Å². The van der Waals surface area contributed by atoms with Gasteiger partial charge in [-0.1, -0.05) is 39.3 Å². The van der Waals surface area contributed by atoms with Crippen LogP contribution >= 0.6 is 11.6 Å². The summed E-state index contributed by atoms with van der Waals surface area (Å²) in [5, 5.41) is 0.529. The normalized spacial score (nSPS) is 11.7. The van der Waals surface area contributed by atoms with Crippen molar-refractivity contribution in [1.82, 2.24) is 9.97 Å². The van der Waals surface area contributed by atoms with Crippen molar-refractivity contribution < 1.29 is 0 Å². The molecule has 0 aliphatic rings. The highest BCUT2D eigenvalue weighted by Crippen LogP contribution is 2.29. The van der Waals surface area contributed by atoms with Crippen molar-refractivity contribution in [2.75, 3.05) is 0 Å². The second kappa shape index (κ2) is 4.74. The van der Waals surface area contributed by atoms with Gasteiger partial charge in [-0.25, -0.2) is 9.97 Å². The van der Waals surface area contributed by atoms with Gasteiger partial charge in [0, 0.05) is 12.1 Å². The summed E-state index contributed by atoms with van der Waals surface area (Å²) in [6, 6.07) is 1.71. The second-order valence-electron chi connectivity index (χ2n) is 4.25. The van der Waals surface area contributed by atoms with Gasteiger partial charge in [-0.15, -0.1) is 0 Å². The first-order valence-corrected chi connectivity index (χ1v) is 5.38. The van der Waals surface area contributed by atoms with Gasteiger partial charge in [0.05, 0.1) is 0 Å². The highest BCUT2D eigenvalue weighted by Gasteiger charge is 2.22. The molecule has 0 saturated carbocycles. The lowest BCUT2D eigenvalue weighted by Gasteiger charge is -2.23. The van der Waals surface area contributed by atoms with Crippen LogP contribution in [0.2, 0.25) is 5.15 Å². The van der Waals surface area contributed by atoms with Crippen LogP contribution in [0.5, 0.6) is 0 Å². The third kappa shape index (κ3) is 2.68. The molecule has 0 aliphatic heterocycles. The summed E-state index contributed by atoms with van der Waals surface area (Å²) in [7, 11) is 0. The number of nitrogens with zero attached hydrogens (tertiary/aromatic N) is 2. The molecule has 14 heavy (non-hydrogen) atoms. The lowest BCUT2D eigenvalue weighted by Crippen LogP contribution is -2.16. The summed E-state index contributed by atoms with van der Waals surface area (Å²) in [5.41, 5.74) is 0. The van der Waals surface area contributed by atoms with Gasteiger partial charge in [-0.3, -0.25) is 0 Å². The van der Waals surface area contributed by atoms with Gasteiger partial charge in [0.2, 0.25) is 0 Å². The van der Waals surface area contributed by atoms with E-state index in [2.05, 4.69) is 37.7 Å². The van der Waals surface area contributed by atoms with E-state index < -0.39 is 0 Å². The van der Waals surface area contributed by atoms with E-state index in [1.165, 1.54) is 0 Å². The fraction of sp³-hybridized carbons (Fsp3) is 0.636. The molecule has 0 radical (unpaired) electrons. The molecule has 0 aliphatic carbocycles. The maximum absolute atomic E-state index is 5.85. The number of hydrogen-bond donors (Lipinski definition) is 0. The van der Waals surface area contributed by atoms with E-state index >= 15 is 0 Å². The Kier molecular flexibility index (Phi) is 3.87. The third-order valence-corrected chi connectivity index (χ3v) is 2.59. The van der Waals surface area contributed by atoms with Gasteiger partial charge < -0.3 is 0 Å². The molecule has 0 saturated heterocycles. The molecule has 0 bridgehead atoms. The first kappa shape index (κ1) is 11.4. The summed E-state index contributed by atoms with van der Waals surface area (Å²) in [6.45, 7) is 8.76. The minimum Gasteiger partial charge on any atom is -0.241 e. The minimum absolute atomic E-state index is 0.383. The lowest BCUT2D eigenvalue weighted by atomic mass is 9.85. The molecular weight excluding hydrogens is 196 g/mol. The topological polar surface area (TPSA) is 25.8 Å². The molecule has 3 heteroatoms. The zero-order valence-electron chi connectivity index (χ0n) is 9.16. The van der Waals surface area contributed by atoms with Crippen molar-refractivity contribution in [1.29, 1.82) is 0 Å². The Bertz CT molecular complexity index is 289. The van der Waals surface area contributed by atoms with Gasteiger partial charge in [0.1, 0.15) is 11.0 Å². The largest absolute Gasteiger partial charge is 0.241 e. The summed E-state index contributed by atoms with van der Waals surface area (Å²) in [6.07, 6.45) is 1.72. The average Bonchev–Trinajstić information content (AvgIpc) is 2.02. The monoisotopic (exact) mass is 212 g/mol. The van der Waals surface area contributed by atoms with E-state index in [0.29, 0.717) is 22.9 Å². The van der Waals surface area contributed by atoms with E-state index in [0.717, 1.165) is 5.82 Å². The third-order valence-electron chi connectivity index (χ3n) is 2.37. The van der Waals surface area contributed by atoms with Gasteiger partial charge >= 0.3 is 0 Å². The maximum atomic E-state index is 5.85. The molecule has 0 spiro atoms. The zero-order chi connectivity index (χ0) is 10.7. The number of aromatic nitrogens is 2.